The minimum atomic E-state index is -3.01. The molecular weight excluding hydrogens is 264 g/mol. The molecule has 1 aliphatic heterocycles. The van der Waals surface area contributed by atoms with Crippen molar-refractivity contribution in [2.24, 2.45) is 5.41 Å². The minimum Gasteiger partial charge on any atom is -0.340 e. The van der Waals surface area contributed by atoms with Crippen LogP contribution in [0.4, 0.5) is 0 Å². The predicted octanol–water partition coefficient (Wildman–Crippen LogP) is 1.11. The summed E-state index contributed by atoms with van der Waals surface area (Å²) in [6, 6.07) is 1.94. The fourth-order valence-corrected chi connectivity index (χ4v) is 4.89. The highest BCUT2D eigenvalue weighted by molar-refractivity contribution is 7.91. The molecule has 1 atom stereocenters. The molecule has 0 aromatic rings. The summed E-state index contributed by atoms with van der Waals surface area (Å²) in [4.78, 5) is 14.1. The van der Waals surface area contributed by atoms with Crippen molar-refractivity contribution >= 4 is 15.7 Å². The van der Waals surface area contributed by atoms with Crippen LogP contribution in [0, 0.1) is 16.7 Å². The van der Waals surface area contributed by atoms with E-state index in [4.69, 9.17) is 0 Å². The number of carbonyl (C=O) groups is 1. The summed E-state index contributed by atoms with van der Waals surface area (Å²) >= 11 is 0. The SMILES string of the molecule is CN(C(=O)C1(C#N)CCCCC1)C1CCS(=O)(=O)C1. The fraction of sp³-hybridized carbons (Fsp3) is 0.846. The molecule has 1 saturated heterocycles. The zero-order valence-corrected chi connectivity index (χ0v) is 12.1. The van der Waals surface area contributed by atoms with Crippen LogP contribution in [0.3, 0.4) is 0 Å². The van der Waals surface area contributed by atoms with Gasteiger partial charge in [-0.1, -0.05) is 19.3 Å². The van der Waals surface area contributed by atoms with Crippen molar-refractivity contribution in [2.45, 2.75) is 44.6 Å². The molecule has 106 valence electrons. The van der Waals surface area contributed by atoms with Gasteiger partial charge in [-0.25, -0.2) is 8.42 Å². The van der Waals surface area contributed by atoms with Crippen molar-refractivity contribution in [1.29, 1.82) is 5.26 Å². The second-order valence-electron chi connectivity index (χ2n) is 5.73. The van der Waals surface area contributed by atoms with Crippen molar-refractivity contribution in [3.8, 4) is 6.07 Å². The number of rotatable bonds is 2. The fourth-order valence-electron chi connectivity index (χ4n) is 3.11. The lowest BCUT2D eigenvalue weighted by Crippen LogP contribution is -2.47. The molecule has 1 heterocycles. The van der Waals surface area contributed by atoms with Gasteiger partial charge < -0.3 is 4.90 Å². The van der Waals surface area contributed by atoms with E-state index in [0.29, 0.717) is 19.3 Å². The third-order valence-electron chi connectivity index (χ3n) is 4.41. The van der Waals surface area contributed by atoms with Crippen LogP contribution < -0.4 is 0 Å². The Morgan fingerprint density at radius 1 is 1.32 bits per heavy atom. The molecular formula is C13H20N2O3S. The van der Waals surface area contributed by atoms with Crippen molar-refractivity contribution in [1.82, 2.24) is 4.90 Å². The quantitative estimate of drug-likeness (QED) is 0.761. The maximum Gasteiger partial charge on any atom is 0.243 e. The van der Waals surface area contributed by atoms with Crippen LogP contribution >= 0.6 is 0 Å². The smallest absolute Gasteiger partial charge is 0.243 e. The maximum atomic E-state index is 12.6. The lowest BCUT2D eigenvalue weighted by molar-refractivity contribution is -0.140. The summed E-state index contributed by atoms with van der Waals surface area (Å²) in [6.07, 6.45) is 4.56. The molecule has 1 saturated carbocycles. The van der Waals surface area contributed by atoms with E-state index in [9.17, 15) is 18.5 Å². The highest BCUT2D eigenvalue weighted by Gasteiger charge is 2.44. The number of nitriles is 1. The van der Waals surface area contributed by atoms with Gasteiger partial charge in [-0.2, -0.15) is 5.26 Å². The Labute approximate surface area is 114 Å². The first-order chi connectivity index (χ1) is 8.90. The molecule has 1 aliphatic carbocycles. The van der Waals surface area contributed by atoms with E-state index >= 15 is 0 Å². The van der Waals surface area contributed by atoms with E-state index in [1.807, 2.05) is 0 Å². The zero-order valence-electron chi connectivity index (χ0n) is 11.3. The van der Waals surface area contributed by atoms with E-state index in [2.05, 4.69) is 6.07 Å². The molecule has 1 unspecified atom stereocenters. The summed E-state index contributed by atoms with van der Waals surface area (Å²) in [5.41, 5.74) is -0.917. The molecule has 0 radical (unpaired) electrons. The van der Waals surface area contributed by atoms with E-state index in [0.717, 1.165) is 19.3 Å². The van der Waals surface area contributed by atoms with Gasteiger partial charge in [0.15, 0.2) is 9.84 Å². The van der Waals surface area contributed by atoms with E-state index in [1.54, 1.807) is 7.05 Å². The molecule has 6 heteroatoms. The first-order valence-corrected chi connectivity index (χ1v) is 8.61. The number of sulfone groups is 1. The van der Waals surface area contributed by atoms with Crippen LogP contribution in [0.25, 0.3) is 0 Å². The van der Waals surface area contributed by atoms with Gasteiger partial charge in [-0.15, -0.1) is 0 Å². The van der Waals surface area contributed by atoms with Crippen molar-refractivity contribution in [3.05, 3.63) is 0 Å². The normalized spacial score (nSPS) is 28.5. The van der Waals surface area contributed by atoms with Crippen LogP contribution in [0.15, 0.2) is 0 Å². The average molecular weight is 284 g/mol. The Hall–Kier alpha value is -1.09. The Kier molecular flexibility index (Phi) is 3.86. The van der Waals surface area contributed by atoms with Gasteiger partial charge in [0.2, 0.25) is 5.91 Å². The Morgan fingerprint density at radius 2 is 1.95 bits per heavy atom. The van der Waals surface area contributed by atoms with Crippen LogP contribution in [0.2, 0.25) is 0 Å². The summed E-state index contributed by atoms with van der Waals surface area (Å²) < 4.78 is 23.0. The summed E-state index contributed by atoms with van der Waals surface area (Å²) in [5, 5.41) is 9.39. The van der Waals surface area contributed by atoms with Crippen molar-refractivity contribution in [3.63, 3.8) is 0 Å². The largest absolute Gasteiger partial charge is 0.340 e. The van der Waals surface area contributed by atoms with E-state index < -0.39 is 15.3 Å². The Morgan fingerprint density at radius 3 is 2.42 bits per heavy atom. The first kappa shape index (κ1) is 14.3. The maximum absolute atomic E-state index is 12.6. The number of hydrogen-bond acceptors (Lipinski definition) is 4. The predicted molar refractivity (Wildman–Crippen MR) is 71.0 cm³/mol. The Bertz CT molecular complexity index is 500. The van der Waals surface area contributed by atoms with Gasteiger partial charge in [0.1, 0.15) is 5.41 Å². The monoisotopic (exact) mass is 284 g/mol. The van der Waals surface area contributed by atoms with Crippen molar-refractivity contribution in [2.75, 3.05) is 18.6 Å². The minimum absolute atomic E-state index is 0.0384. The van der Waals surface area contributed by atoms with Gasteiger partial charge in [-0.05, 0) is 19.3 Å². The summed E-state index contributed by atoms with van der Waals surface area (Å²) in [6.45, 7) is 0. The van der Waals surface area contributed by atoms with Crippen LogP contribution in [-0.2, 0) is 14.6 Å². The third kappa shape index (κ3) is 2.76. The zero-order chi connectivity index (χ0) is 14.1. The van der Waals surface area contributed by atoms with Crippen LogP contribution in [0.5, 0.6) is 0 Å². The molecule has 0 bridgehead atoms. The molecule has 2 fully saturated rings. The van der Waals surface area contributed by atoms with Gasteiger partial charge in [-0.3, -0.25) is 4.79 Å². The highest BCUT2D eigenvalue weighted by atomic mass is 32.2. The molecule has 0 N–H and O–H groups in total. The van der Waals surface area contributed by atoms with Crippen molar-refractivity contribution < 1.29 is 13.2 Å². The molecule has 5 nitrogen and oxygen atoms in total. The topological polar surface area (TPSA) is 78.2 Å². The van der Waals surface area contributed by atoms with Crippen LogP contribution in [-0.4, -0.2) is 43.8 Å². The second-order valence-corrected chi connectivity index (χ2v) is 7.96. The number of amides is 1. The third-order valence-corrected chi connectivity index (χ3v) is 6.16. The number of carbonyl (C=O) groups excluding carboxylic acids is 1. The second kappa shape index (κ2) is 5.12. The number of hydrogen-bond donors (Lipinski definition) is 0. The van der Waals surface area contributed by atoms with Gasteiger partial charge >= 0.3 is 0 Å². The molecule has 1 amide bonds. The summed E-state index contributed by atoms with van der Waals surface area (Å²) in [5.74, 6) is 0.00258. The highest BCUT2D eigenvalue weighted by Crippen LogP contribution is 2.38. The molecule has 0 spiro atoms. The molecule has 0 aromatic heterocycles. The first-order valence-electron chi connectivity index (χ1n) is 6.79. The molecule has 2 aliphatic rings. The average Bonchev–Trinajstić information content (AvgIpc) is 2.78. The molecule has 19 heavy (non-hydrogen) atoms. The summed E-state index contributed by atoms with van der Waals surface area (Å²) in [7, 11) is -1.37. The van der Waals surface area contributed by atoms with E-state index in [-0.39, 0.29) is 23.5 Å². The van der Waals surface area contributed by atoms with Gasteiger partial charge in [0.05, 0.1) is 17.6 Å². The standard InChI is InChI=1S/C13H20N2O3S/c1-15(11-5-8-19(17,18)9-11)12(16)13(10-14)6-3-2-4-7-13/h11H,2-9H2,1H3. The van der Waals surface area contributed by atoms with E-state index in [1.165, 1.54) is 4.90 Å². The molecule has 0 aromatic carbocycles. The lowest BCUT2D eigenvalue weighted by atomic mass is 9.74. The lowest BCUT2D eigenvalue weighted by Gasteiger charge is -2.35. The Balaban J connectivity index is 2.12. The van der Waals surface area contributed by atoms with Gasteiger partial charge in [0.25, 0.3) is 0 Å². The number of nitrogens with zero attached hydrogens (tertiary/aromatic N) is 2. The van der Waals surface area contributed by atoms with Gasteiger partial charge in [0, 0.05) is 13.1 Å². The van der Waals surface area contributed by atoms with Crippen LogP contribution in [0.1, 0.15) is 38.5 Å². The molecule has 2 rings (SSSR count).